The molecule has 7 heteroatoms. The zero-order valence-electron chi connectivity index (χ0n) is 13.8. The Labute approximate surface area is 143 Å². The number of benzene rings is 1. The van der Waals surface area contributed by atoms with Crippen LogP contribution >= 0.6 is 0 Å². The minimum atomic E-state index is -4.78. The number of hydrogen-bond acceptors (Lipinski definition) is 4. The topological polar surface area (TPSA) is 41.9 Å². The maximum absolute atomic E-state index is 12.6. The van der Waals surface area contributed by atoms with Gasteiger partial charge in [-0.1, -0.05) is 32.1 Å². The standard InChI is InChI=1S/C18H18F3NO3/c1-17(2)10-14(15-5-3-4-8-22(15)23)13-9-12(25-18(19,20)21)6-7-16(13)24-11-17/h3-7,9-10,23H,8,11H2,1-2H3. The van der Waals surface area contributed by atoms with Crippen molar-refractivity contribution in [2.45, 2.75) is 20.2 Å². The molecule has 0 bridgehead atoms. The van der Waals surface area contributed by atoms with E-state index in [-0.39, 0.29) is 11.2 Å². The summed E-state index contributed by atoms with van der Waals surface area (Å²) < 4.78 is 47.5. The van der Waals surface area contributed by atoms with Gasteiger partial charge in [0, 0.05) is 16.6 Å². The van der Waals surface area contributed by atoms with E-state index in [1.54, 1.807) is 18.2 Å². The van der Waals surface area contributed by atoms with Crippen LogP contribution in [0, 0.1) is 5.41 Å². The highest BCUT2D eigenvalue weighted by Gasteiger charge is 2.33. The molecule has 25 heavy (non-hydrogen) atoms. The molecular weight excluding hydrogens is 335 g/mol. The molecule has 4 nitrogen and oxygen atoms in total. The predicted molar refractivity (Wildman–Crippen MR) is 86.1 cm³/mol. The Bertz CT molecular complexity index is 763. The summed E-state index contributed by atoms with van der Waals surface area (Å²) in [7, 11) is 0. The van der Waals surface area contributed by atoms with Gasteiger partial charge < -0.3 is 9.47 Å². The molecule has 1 N–H and O–H groups in total. The number of ether oxygens (including phenoxy) is 2. The first-order valence-corrected chi connectivity index (χ1v) is 7.74. The van der Waals surface area contributed by atoms with Gasteiger partial charge in [-0.15, -0.1) is 13.2 Å². The fraction of sp³-hybridized carbons (Fsp3) is 0.333. The zero-order chi connectivity index (χ0) is 18.2. The van der Waals surface area contributed by atoms with E-state index in [0.29, 0.717) is 35.7 Å². The first-order valence-electron chi connectivity index (χ1n) is 7.74. The Morgan fingerprint density at radius 2 is 2.04 bits per heavy atom. The van der Waals surface area contributed by atoms with Crippen LogP contribution in [-0.4, -0.2) is 29.8 Å². The third kappa shape index (κ3) is 3.99. The van der Waals surface area contributed by atoms with Crippen LogP contribution in [0.3, 0.4) is 0 Å². The van der Waals surface area contributed by atoms with Crippen LogP contribution in [0.25, 0.3) is 5.57 Å². The van der Waals surface area contributed by atoms with Crippen molar-refractivity contribution in [2.24, 2.45) is 5.41 Å². The second kappa shape index (κ2) is 6.15. The molecule has 0 spiro atoms. The van der Waals surface area contributed by atoms with Crippen molar-refractivity contribution in [2.75, 3.05) is 13.2 Å². The summed E-state index contributed by atoms with van der Waals surface area (Å²) in [6.45, 7) is 4.55. The summed E-state index contributed by atoms with van der Waals surface area (Å²) in [5, 5.41) is 11.2. The van der Waals surface area contributed by atoms with Crippen molar-refractivity contribution >= 4 is 5.57 Å². The van der Waals surface area contributed by atoms with Gasteiger partial charge in [-0.25, -0.2) is 0 Å². The third-order valence-electron chi connectivity index (χ3n) is 3.83. The Balaban J connectivity index is 2.12. The average Bonchev–Trinajstić information content (AvgIpc) is 2.63. The van der Waals surface area contributed by atoms with E-state index in [2.05, 4.69) is 4.74 Å². The van der Waals surface area contributed by atoms with E-state index in [4.69, 9.17) is 4.74 Å². The fourth-order valence-corrected chi connectivity index (χ4v) is 2.76. The van der Waals surface area contributed by atoms with Crippen molar-refractivity contribution in [3.63, 3.8) is 0 Å². The van der Waals surface area contributed by atoms with Crippen molar-refractivity contribution in [3.8, 4) is 11.5 Å². The summed E-state index contributed by atoms with van der Waals surface area (Å²) >= 11 is 0. The van der Waals surface area contributed by atoms with Crippen molar-refractivity contribution in [3.05, 3.63) is 53.8 Å². The molecule has 2 aliphatic heterocycles. The number of rotatable bonds is 2. The van der Waals surface area contributed by atoms with Gasteiger partial charge in [0.1, 0.15) is 11.5 Å². The van der Waals surface area contributed by atoms with Gasteiger partial charge in [0.05, 0.1) is 18.8 Å². The van der Waals surface area contributed by atoms with Crippen molar-refractivity contribution < 1.29 is 27.9 Å². The van der Waals surface area contributed by atoms with Crippen LogP contribution in [0.4, 0.5) is 13.2 Å². The highest BCUT2D eigenvalue weighted by molar-refractivity contribution is 5.83. The van der Waals surface area contributed by atoms with E-state index in [9.17, 15) is 18.4 Å². The van der Waals surface area contributed by atoms with Gasteiger partial charge >= 0.3 is 6.36 Å². The molecule has 0 unspecified atom stereocenters. The molecule has 0 amide bonds. The summed E-state index contributed by atoms with van der Waals surface area (Å²) in [5.74, 6) is 0.104. The maximum Gasteiger partial charge on any atom is 0.573 e. The zero-order valence-corrected chi connectivity index (χ0v) is 13.8. The molecule has 1 aromatic carbocycles. The Morgan fingerprint density at radius 1 is 1.28 bits per heavy atom. The number of halogens is 3. The van der Waals surface area contributed by atoms with Crippen molar-refractivity contribution in [1.82, 2.24) is 5.06 Å². The fourth-order valence-electron chi connectivity index (χ4n) is 2.76. The smallest absolute Gasteiger partial charge is 0.492 e. The minimum absolute atomic E-state index is 0.290. The van der Waals surface area contributed by atoms with Gasteiger partial charge in [0.2, 0.25) is 0 Å². The summed E-state index contributed by atoms with van der Waals surface area (Å²) in [6, 6.07) is 3.95. The van der Waals surface area contributed by atoms with Gasteiger partial charge in [0.25, 0.3) is 0 Å². The summed E-state index contributed by atoms with van der Waals surface area (Å²) in [4.78, 5) is 0. The predicted octanol–water partition coefficient (Wildman–Crippen LogP) is 4.53. The van der Waals surface area contributed by atoms with Gasteiger partial charge in [-0.2, -0.15) is 0 Å². The van der Waals surface area contributed by atoms with E-state index >= 15 is 0 Å². The molecule has 2 aliphatic rings. The van der Waals surface area contributed by atoms with E-state index in [0.717, 1.165) is 5.06 Å². The molecule has 0 aliphatic carbocycles. The molecule has 2 heterocycles. The summed E-state index contributed by atoms with van der Waals surface area (Å²) in [5.41, 5.74) is 1.15. The quantitative estimate of drug-likeness (QED) is 0.848. The lowest BCUT2D eigenvalue weighted by Gasteiger charge is -2.25. The number of nitrogens with zero attached hydrogens (tertiary/aromatic N) is 1. The van der Waals surface area contributed by atoms with Crippen LogP contribution < -0.4 is 9.47 Å². The Hall–Kier alpha value is -2.41. The van der Waals surface area contributed by atoms with Crippen LogP contribution in [0.2, 0.25) is 0 Å². The lowest BCUT2D eigenvalue weighted by molar-refractivity contribution is -0.274. The van der Waals surface area contributed by atoms with Crippen molar-refractivity contribution in [1.29, 1.82) is 0 Å². The molecule has 0 saturated heterocycles. The minimum Gasteiger partial charge on any atom is -0.492 e. The molecule has 0 saturated carbocycles. The number of fused-ring (bicyclic) bond motifs is 1. The lowest BCUT2D eigenvalue weighted by atomic mass is 9.88. The highest BCUT2D eigenvalue weighted by atomic mass is 19.4. The highest BCUT2D eigenvalue weighted by Crippen LogP contribution is 2.41. The molecule has 0 fully saturated rings. The first kappa shape index (κ1) is 17.4. The normalized spacial score (nSPS) is 19.4. The van der Waals surface area contributed by atoms with Gasteiger partial charge in [-0.05, 0) is 24.3 Å². The molecule has 1 aromatic rings. The van der Waals surface area contributed by atoms with E-state index < -0.39 is 6.36 Å². The monoisotopic (exact) mass is 353 g/mol. The second-order valence-electron chi connectivity index (χ2n) is 6.60. The van der Waals surface area contributed by atoms with E-state index in [1.807, 2.05) is 19.9 Å². The number of hydrogen-bond donors (Lipinski definition) is 1. The third-order valence-corrected chi connectivity index (χ3v) is 3.83. The molecule has 0 aromatic heterocycles. The van der Waals surface area contributed by atoms with Gasteiger partial charge in [0.15, 0.2) is 0 Å². The van der Waals surface area contributed by atoms with Crippen LogP contribution in [-0.2, 0) is 0 Å². The first-order chi connectivity index (χ1) is 11.6. The second-order valence-corrected chi connectivity index (χ2v) is 6.60. The molecule has 0 atom stereocenters. The number of alkyl halides is 3. The lowest BCUT2D eigenvalue weighted by Crippen LogP contribution is -2.22. The molecule has 3 rings (SSSR count). The molecule has 0 radical (unpaired) electrons. The van der Waals surface area contributed by atoms with Crippen LogP contribution in [0.15, 0.2) is 48.2 Å². The average molecular weight is 353 g/mol. The Kier molecular flexibility index (Phi) is 4.28. The van der Waals surface area contributed by atoms with Crippen LogP contribution in [0.5, 0.6) is 11.5 Å². The SMILES string of the molecule is CC1(C)C=C(C2=CC=CCN2O)c2cc(OC(F)(F)F)ccc2OC1. The summed E-state index contributed by atoms with van der Waals surface area (Å²) in [6.07, 6.45) is 2.38. The largest absolute Gasteiger partial charge is 0.573 e. The molecule has 134 valence electrons. The van der Waals surface area contributed by atoms with Crippen LogP contribution in [0.1, 0.15) is 19.4 Å². The maximum atomic E-state index is 12.6. The molecular formula is C18H18F3NO3. The van der Waals surface area contributed by atoms with Gasteiger partial charge in [-0.3, -0.25) is 10.3 Å². The van der Waals surface area contributed by atoms with E-state index in [1.165, 1.54) is 18.2 Å². The number of hydroxylamine groups is 2. The number of allylic oxidation sites excluding steroid dienone is 3. The Morgan fingerprint density at radius 3 is 2.72 bits per heavy atom.